The molecule has 2 aromatic rings. The lowest BCUT2D eigenvalue weighted by Gasteiger charge is -2.10. The van der Waals surface area contributed by atoms with E-state index in [4.69, 9.17) is 9.84 Å². The van der Waals surface area contributed by atoms with E-state index in [-0.39, 0.29) is 0 Å². The van der Waals surface area contributed by atoms with Crippen LogP contribution in [0.5, 0.6) is 5.75 Å². The van der Waals surface area contributed by atoms with Gasteiger partial charge in [-0.15, -0.1) is 0 Å². The molecule has 2 rings (SSSR count). The molecule has 1 aromatic heterocycles. The maximum Gasteiger partial charge on any atom is 0.337 e. The van der Waals surface area contributed by atoms with Crippen molar-refractivity contribution in [1.82, 2.24) is 4.57 Å². The maximum absolute atomic E-state index is 11.0. The van der Waals surface area contributed by atoms with Crippen molar-refractivity contribution in [1.29, 1.82) is 0 Å². The summed E-state index contributed by atoms with van der Waals surface area (Å²) in [6.07, 6.45) is 1.77. The number of nitrogens with zero attached hydrogens (tertiary/aromatic N) is 1. The SMILES string of the molecule is Cc1c(C(=O)O)ccn1-c1ccc(OCC(C)C)cc1. The molecule has 4 heteroatoms. The van der Waals surface area contributed by atoms with E-state index in [1.165, 1.54) is 0 Å². The Labute approximate surface area is 118 Å². The second-order valence-corrected chi connectivity index (χ2v) is 5.19. The van der Waals surface area contributed by atoms with Crippen LogP contribution in [0.4, 0.5) is 0 Å². The molecular weight excluding hydrogens is 254 g/mol. The van der Waals surface area contributed by atoms with Gasteiger partial charge in [0.2, 0.25) is 0 Å². The summed E-state index contributed by atoms with van der Waals surface area (Å²) in [7, 11) is 0. The lowest BCUT2D eigenvalue weighted by molar-refractivity contribution is 0.0696. The van der Waals surface area contributed by atoms with E-state index >= 15 is 0 Å². The number of hydrogen-bond acceptors (Lipinski definition) is 2. The number of carboxylic acid groups (broad SMARTS) is 1. The molecule has 0 saturated heterocycles. The monoisotopic (exact) mass is 273 g/mol. The number of aromatic carboxylic acids is 1. The Bertz CT molecular complexity index is 597. The zero-order valence-corrected chi connectivity index (χ0v) is 12.0. The van der Waals surface area contributed by atoms with E-state index in [2.05, 4.69) is 13.8 Å². The molecule has 0 fully saturated rings. The normalized spacial score (nSPS) is 10.8. The fourth-order valence-corrected chi connectivity index (χ4v) is 1.98. The molecule has 0 saturated carbocycles. The molecule has 0 spiro atoms. The van der Waals surface area contributed by atoms with Gasteiger partial charge in [0, 0.05) is 17.6 Å². The minimum absolute atomic E-state index is 0.324. The highest BCUT2D eigenvalue weighted by Crippen LogP contribution is 2.20. The van der Waals surface area contributed by atoms with Crippen molar-refractivity contribution in [2.45, 2.75) is 20.8 Å². The number of hydrogen-bond donors (Lipinski definition) is 1. The minimum atomic E-state index is -0.905. The summed E-state index contributed by atoms with van der Waals surface area (Å²) in [5, 5.41) is 9.06. The Morgan fingerprint density at radius 1 is 1.25 bits per heavy atom. The van der Waals surface area contributed by atoms with Crippen LogP contribution in [-0.4, -0.2) is 22.2 Å². The second-order valence-electron chi connectivity index (χ2n) is 5.19. The predicted molar refractivity (Wildman–Crippen MR) is 77.8 cm³/mol. The summed E-state index contributed by atoms with van der Waals surface area (Å²) in [5.41, 5.74) is 1.96. The van der Waals surface area contributed by atoms with Crippen molar-refractivity contribution in [2.24, 2.45) is 5.92 Å². The van der Waals surface area contributed by atoms with Crippen LogP contribution in [0.3, 0.4) is 0 Å². The molecule has 1 N–H and O–H groups in total. The first kappa shape index (κ1) is 14.2. The fraction of sp³-hybridized carbons (Fsp3) is 0.312. The van der Waals surface area contributed by atoms with Crippen molar-refractivity contribution in [3.05, 3.63) is 47.8 Å². The van der Waals surface area contributed by atoms with Crippen LogP contribution in [0.1, 0.15) is 29.9 Å². The molecule has 0 aliphatic rings. The third kappa shape index (κ3) is 3.02. The predicted octanol–water partition coefficient (Wildman–Crippen LogP) is 3.52. The van der Waals surface area contributed by atoms with Crippen molar-refractivity contribution in [2.75, 3.05) is 6.61 Å². The van der Waals surface area contributed by atoms with E-state index in [0.717, 1.165) is 11.4 Å². The standard InChI is InChI=1S/C16H19NO3/c1-11(2)10-20-14-6-4-13(5-7-14)17-9-8-15(12(17)3)16(18)19/h4-9,11H,10H2,1-3H3,(H,18,19). The van der Waals surface area contributed by atoms with Gasteiger partial charge in [0.15, 0.2) is 0 Å². The number of aromatic nitrogens is 1. The van der Waals surface area contributed by atoms with Gasteiger partial charge in [0.1, 0.15) is 5.75 Å². The van der Waals surface area contributed by atoms with Gasteiger partial charge in [-0.3, -0.25) is 0 Å². The van der Waals surface area contributed by atoms with Gasteiger partial charge in [-0.1, -0.05) is 13.8 Å². The maximum atomic E-state index is 11.0. The number of carboxylic acids is 1. The molecule has 0 aliphatic carbocycles. The van der Waals surface area contributed by atoms with Crippen LogP contribution >= 0.6 is 0 Å². The van der Waals surface area contributed by atoms with Crippen molar-refractivity contribution >= 4 is 5.97 Å². The Kier molecular flexibility index (Phi) is 4.13. The van der Waals surface area contributed by atoms with Crippen LogP contribution in [0.2, 0.25) is 0 Å². The zero-order chi connectivity index (χ0) is 14.7. The van der Waals surface area contributed by atoms with Crippen LogP contribution in [0, 0.1) is 12.8 Å². The Morgan fingerprint density at radius 2 is 1.90 bits per heavy atom. The Morgan fingerprint density at radius 3 is 2.40 bits per heavy atom. The fourth-order valence-electron chi connectivity index (χ4n) is 1.98. The minimum Gasteiger partial charge on any atom is -0.493 e. The van der Waals surface area contributed by atoms with Gasteiger partial charge >= 0.3 is 5.97 Å². The molecule has 1 heterocycles. The number of rotatable bonds is 5. The first-order valence-electron chi connectivity index (χ1n) is 6.63. The summed E-state index contributed by atoms with van der Waals surface area (Å²) in [5.74, 6) is 0.406. The molecule has 1 aromatic carbocycles. The number of carbonyl (C=O) groups is 1. The molecule has 20 heavy (non-hydrogen) atoms. The van der Waals surface area contributed by atoms with Gasteiger partial charge in [-0.2, -0.15) is 0 Å². The van der Waals surface area contributed by atoms with Gasteiger partial charge < -0.3 is 14.4 Å². The summed E-state index contributed by atoms with van der Waals surface area (Å²) in [6, 6.07) is 9.26. The second kappa shape index (κ2) is 5.82. The lowest BCUT2D eigenvalue weighted by Crippen LogP contribution is -2.04. The topological polar surface area (TPSA) is 51.5 Å². The quantitative estimate of drug-likeness (QED) is 0.906. The summed E-state index contributed by atoms with van der Waals surface area (Å²) in [6.45, 7) is 6.69. The van der Waals surface area contributed by atoms with Gasteiger partial charge in [0.25, 0.3) is 0 Å². The molecule has 0 unspecified atom stereocenters. The van der Waals surface area contributed by atoms with Crippen molar-refractivity contribution in [3.63, 3.8) is 0 Å². The average Bonchev–Trinajstić information content (AvgIpc) is 2.79. The Hall–Kier alpha value is -2.23. The summed E-state index contributed by atoms with van der Waals surface area (Å²) in [4.78, 5) is 11.0. The van der Waals surface area contributed by atoms with Gasteiger partial charge in [-0.05, 0) is 43.2 Å². The van der Waals surface area contributed by atoms with E-state index < -0.39 is 5.97 Å². The lowest BCUT2D eigenvalue weighted by atomic mass is 10.2. The third-order valence-corrected chi connectivity index (χ3v) is 3.07. The van der Waals surface area contributed by atoms with Crippen LogP contribution in [0.15, 0.2) is 36.5 Å². The zero-order valence-electron chi connectivity index (χ0n) is 12.0. The molecular formula is C16H19NO3. The molecule has 4 nitrogen and oxygen atoms in total. The highest BCUT2D eigenvalue weighted by Gasteiger charge is 2.12. The van der Waals surface area contributed by atoms with E-state index in [0.29, 0.717) is 23.8 Å². The van der Waals surface area contributed by atoms with Crippen LogP contribution < -0.4 is 4.74 Å². The average molecular weight is 273 g/mol. The Balaban J connectivity index is 2.20. The van der Waals surface area contributed by atoms with Gasteiger partial charge in [-0.25, -0.2) is 4.79 Å². The van der Waals surface area contributed by atoms with E-state index in [1.807, 2.05) is 28.8 Å². The third-order valence-electron chi connectivity index (χ3n) is 3.07. The van der Waals surface area contributed by atoms with Gasteiger partial charge in [0.05, 0.1) is 12.2 Å². The largest absolute Gasteiger partial charge is 0.493 e. The highest BCUT2D eigenvalue weighted by atomic mass is 16.5. The van der Waals surface area contributed by atoms with Crippen LogP contribution in [0.25, 0.3) is 5.69 Å². The first-order chi connectivity index (χ1) is 9.49. The van der Waals surface area contributed by atoms with E-state index in [1.54, 1.807) is 19.2 Å². The highest BCUT2D eigenvalue weighted by molar-refractivity contribution is 5.89. The molecule has 106 valence electrons. The summed E-state index contributed by atoms with van der Waals surface area (Å²) >= 11 is 0. The molecule has 0 bridgehead atoms. The summed E-state index contributed by atoms with van der Waals surface area (Å²) < 4.78 is 7.49. The molecule has 0 atom stereocenters. The molecule has 0 radical (unpaired) electrons. The number of ether oxygens (including phenoxy) is 1. The van der Waals surface area contributed by atoms with Crippen molar-refractivity contribution < 1.29 is 14.6 Å². The van der Waals surface area contributed by atoms with Crippen LogP contribution in [-0.2, 0) is 0 Å². The first-order valence-corrected chi connectivity index (χ1v) is 6.63. The van der Waals surface area contributed by atoms with Crippen molar-refractivity contribution in [3.8, 4) is 11.4 Å². The smallest absolute Gasteiger partial charge is 0.337 e. The van der Waals surface area contributed by atoms with E-state index in [9.17, 15) is 4.79 Å². The molecule has 0 amide bonds. The number of benzene rings is 1. The molecule has 0 aliphatic heterocycles.